The molecule has 1 aliphatic rings. The van der Waals surface area contributed by atoms with Crippen LogP contribution in [0.25, 0.3) is 0 Å². The molecule has 0 spiro atoms. The number of carbonyl (C=O) groups excluding carboxylic acids is 1. The van der Waals surface area contributed by atoms with Crippen molar-refractivity contribution in [3.63, 3.8) is 0 Å². The molecule has 0 atom stereocenters. The summed E-state index contributed by atoms with van der Waals surface area (Å²) in [5.41, 5.74) is 0. The molecule has 0 heterocycles. The van der Waals surface area contributed by atoms with Gasteiger partial charge >= 0.3 is 0 Å². The molecule has 0 aliphatic heterocycles. The van der Waals surface area contributed by atoms with Crippen molar-refractivity contribution >= 4 is 5.91 Å². The minimum absolute atomic E-state index is 0.0232. The maximum Gasteiger partial charge on any atom is 0.237 e. The summed E-state index contributed by atoms with van der Waals surface area (Å²) in [7, 11) is 0. The van der Waals surface area contributed by atoms with Crippen molar-refractivity contribution in [2.75, 3.05) is 6.54 Å². The lowest BCUT2D eigenvalue weighted by Gasteiger charge is -2.29. The van der Waals surface area contributed by atoms with Gasteiger partial charge in [-0.05, 0) is 25.2 Å². The first-order valence-corrected chi connectivity index (χ1v) is 6.31. The fourth-order valence-electron chi connectivity index (χ4n) is 2.29. The minimum Gasteiger partial charge on any atom is -0.339 e. The molecule has 1 amide bonds. The van der Waals surface area contributed by atoms with Crippen LogP contribution in [0, 0.1) is 17.2 Å². The SMILES string of the molecule is CC(C)CCN(C(=O)CC#N)C1CCCC1. The summed E-state index contributed by atoms with van der Waals surface area (Å²) in [4.78, 5) is 13.8. The Balaban J connectivity index is 2.53. The maximum absolute atomic E-state index is 11.8. The average Bonchev–Trinajstić information content (AvgIpc) is 2.71. The quantitative estimate of drug-likeness (QED) is 0.718. The van der Waals surface area contributed by atoms with Crippen LogP contribution < -0.4 is 0 Å². The van der Waals surface area contributed by atoms with Gasteiger partial charge in [0.05, 0.1) is 6.07 Å². The number of nitrogens with zero attached hydrogens (tertiary/aromatic N) is 2. The van der Waals surface area contributed by atoms with E-state index in [1.807, 2.05) is 11.0 Å². The van der Waals surface area contributed by atoms with E-state index in [2.05, 4.69) is 13.8 Å². The molecule has 0 N–H and O–H groups in total. The summed E-state index contributed by atoms with van der Waals surface area (Å²) in [5, 5.41) is 8.61. The third kappa shape index (κ3) is 3.84. The van der Waals surface area contributed by atoms with E-state index in [-0.39, 0.29) is 12.3 Å². The molecule has 3 nitrogen and oxygen atoms in total. The van der Waals surface area contributed by atoms with Crippen molar-refractivity contribution in [2.24, 2.45) is 5.92 Å². The van der Waals surface area contributed by atoms with Crippen LogP contribution in [0.3, 0.4) is 0 Å². The van der Waals surface area contributed by atoms with E-state index in [0.29, 0.717) is 12.0 Å². The molecule has 0 saturated heterocycles. The van der Waals surface area contributed by atoms with Crippen LogP contribution in [0.4, 0.5) is 0 Å². The van der Waals surface area contributed by atoms with E-state index in [1.54, 1.807) is 0 Å². The van der Waals surface area contributed by atoms with Crippen molar-refractivity contribution in [3.8, 4) is 6.07 Å². The summed E-state index contributed by atoms with van der Waals surface area (Å²) in [6, 6.07) is 2.37. The zero-order valence-electron chi connectivity index (χ0n) is 10.4. The number of nitriles is 1. The van der Waals surface area contributed by atoms with Gasteiger partial charge in [0.2, 0.25) is 5.91 Å². The molecule has 0 radical (unpaired) electrons. The van der Waals surface area contributed by atoms with E-state index in [1.165, 1.54) is 12.8 Å². The van der Waals surface area contributed by atoms with Gasteiger partial charge in [0.25, 0.3) is 0 Å². The fourth-order valence-corrected chi connectivity index (χ4v) is 2.29. The molecule has 1 saturated carbocycles. The highest BCUT2D eigenvalue weighted by Gasteiger charge is 2.25. The molecule has 0 aromatic rings. The Labute approximate surface area is 98.4 Å². The van der Waals surface area contributed by atoms with Gasteiger partial charge in [-0.15, -0.1) is 0 Å². The van der Waals surface area contributed by atoms with E-state index in [9.17, 15) is 4.79 Å². The molecular weight excluding hydrogens is 200 g/mol. The van der Waals surface area contributed by atoms with E-state index in [0.717, 1.165) is 25.8 Å². The molecule has 1 fully saturated rings. The highest BCUT2D eigenvalue weighted by Crippen LogP contribution is 2.24. The highest BCUT2D eigenvalue weighted by atomic mass is 16.2. The van der Waals surface area contributed by atoms with Crippen molar-refractivity contribution in [3.05, 3.63) is 0 Å². The van der Waals surface area contributed by atoms with Crippen LogP contribution in [0.1, 0.15) is 52.4 Å². The smallest absolute Gasteiger partial charge is 0.237 e. The van der Waals surface area contributed by atoms with Crippen LogP contribution in [0.5, 0.6) is 0 Å². The summed E-state index contributed by atoms with van der Waals surface area (Å²) >= 11 is 0. The number of rotatable bonds is 5. The molecule has 0 bridgehead atoms. The van der Waals surface area contributed by atoms with E-state index in [4.69, 9.17) is 5.26 Å². The molecule has 90 valence electrons. The first kappa shape index (κ1) is 13.0. The monoisotopic (exact) mass is 222 g/mol. The van der Waals surface area contributed by atoms with Gasteiger partial charge in [-0.2, -0.15) is 5.26 Å². The van der Waals surface area contributed by atoms with Crippen molar-refractivity contribution in [1.29, 1.82) is 5.26 Å². The average molecular weight is 222 g/mol. The summed E-state index contributed by atoms with van der Waals surface area (Å²) < 4.78 is 0. The first-order chi connectivity index (χ1) is 7.65. The molecular formula is C13H22N2O. The third-order valence-corrected chi connectivity index (χ3v) is 3.26. The molecule has 0 aromatic heterocycles. The number of carbonyl (C=O) groups is 1. The van der Waals surface area contributed by atoms with E-state index >= 15 is 0 Å². The topological polar surface area (TPSA) is 44.1 Å². The predicted molar refractivity (Wildman–Crippen MR) is 63.7 cm³/mol. The Morgan fingerprint density at radius 2 is 2.06 bits per heavy atom. The number of hydrogen-bond donors (Lipinski definition) is 0. The van der Waals surface area contributed by atoms with Gasteiger partial charge in [-0.3, -0.25) is 4.79 Å². The molecule has 1 aliphatic carbocycles. The number of hydrogen-bond acceptors (Lipinski definition) is 2. The number of amides is 1. The summed E-state index contributed by atoms with van der Waals surface area (Å²) in [6.45, 7) is 5.16. The van der Waals surface area contributed by atoms with Crippen LogP contribution in [-0.4, -0.2) is 23.4 Å². The van der Waals surface area contributed by atoms with Crippen LogP contribution in [0.15, 0.2) is 0 Å². The molecule has 16 heavy (non-hydrogen) atoms. The second kappa shape index (κ2) is 6.52. The zero-order valence-corrected chi connectivity index (χ0v) is 10.4. The van der Waals surface area contributed by atoms with Crippen molar-refractivity contribution in [1.82, 2.24) is 4.90 Å². The van der Waals surface area contributed by atoms with Gasteiger partial charge in [0, 0.05) is 12.6 Å². The van der Waals surface area contributed by atoms with Gasteiger partial charge in [0.15, 0.2) is 0 Å². The lowest BCUT2D eigenvalue weighted by molar-refractivity contribution is -0.132. The van der Waals surface area contributed by atoms with E-state index < -0.39 is 0 Å². The lowest BCUT2D eigenvalue weighted by atomic mass is 10.1. The van der Waals surface area contributed by atoms with Gasteiger partial charge in [-0.25, -0.2) is 0 Å². The van der Waals surface area contributed by atoms with Crippen LogP contribution >= 0.6 is 0 Å². The fraction of sp³-hybridized carbons (Fsp3) is 0.846. The Kier molecular flexibility index (Phi) is 5.31. The van der Waals surface area contributed by atoms with Crippen molar-refractivity contribution in [2.45, 2.75) is 58.4 Å². The Morgan fingerprint density at radius 3 is 2.56 bits per heavy atom. The van der Waals surface area contributed by atoms with Crippen LogP contribution in [0.2, 0.25) is 0 Å². The van der Waals surface area contributed by atoms with Crippen LogP contribution in [-0.2, 0) is 4.79 Å². The Morgan fingerprint density at radius 1 is 1.44 bits per heavy atom. The maximum atomic E-state index is 11.8. The second-order valence-electron chi connectivity index (χ2n) is 5.04. The normalized spacial score (nSPS) is 16.4. The lowest BCUT2D eigenvalue weighted by Crippen LogP contribution is -2.39. The third-order valence-electron chi connectivity index (χ3n) is 3.26. The molecule has 0 aromatic carbocycles. The summed E-state index contributed by atoms with van der Waals surface area (Å²) in [5.74, 6) is 0.633. The first-order valence-electron chi connectivity index (χ1n) is 6.31. The van der Waals surface area contributed by atoms with Gasteiger partial charge < -0.3 is 4.90 Å². The molecule has 0 unspecified atom stereocenters. The zero-order chi connectivity index (χ0) is 12.0. The second-order valence-corrected chi connectivity index (χ2v) is 5.04. The standard InChI is InChI=1S/C13H22N2O/c1-11(2)8-10-15(13(16)7-9-14)12-5-3-4-6-12/h11-12H,3-8,10H2,1-2H3. The Bertz CT molecular complexity index is 262. The minimum atomic E-state index is 0.0232. The van der Waals surface area contributed by atoms with Gasteiger partial charge in [0.1, 0.15) is 6.42 Å². The largest absolute Gasteiger partial charge is 0.339 e. The summed E-state index contributed by atoms with van der Waals surface area (Å²) in [6.07, 6.45) is 5.76. The van der Waals surface area contributed by atoms with Crippen molar-refractivity contribution < 1.29 is 4.79 Å². The molecule has 1 rings (SSSR count). The Hall–Kier alpha value is -1.04. The van der Waals surface area contributed by atoms with Gasteiger partial charge in [-0.1, -0.05) is 26.7 Å². The predicted octanol–water partition coefficient (Wildman–Crippen LogP) is 2.72. The highest BCUT2D eigenvalue weighted by molar-refractivity contribution is 5.78. The molecule has 3 heteroatoms.